The van der Waals surface area contributed by atoms with E-state index in [0.717, 1.165) is 11.3 Å². The number of rotatable bonds is 1. The van der Waals surface area contributed by atoms with Crippen molar-refractivity contribution in [1.29, 1.82) is 0 Å². The van der Waals surface area contributed by atoms with E-state index in [0.29, 0.717) is 5.02 Å². The quantitative estimate of drug-likeness (QED) is 0.714. The normalized spacial score (nSPS) is 9.85. The zero-order valence-corrected chi connectivity index (χ0v) is 9.06. The molecule has 1 amide bonds. The van der Waals surface area contributed by atoms with Crippen molar-refractivity contribution in [3.63, 3.8) is 0 Å². The van der Waals surface area contributed by atoms with Crippen molar-refractivity contribution in [2.24, 2.45) is 0 Å². The van der Waals surface area contributed by atoms with Gasteiger partial charge >= 0.3 is 0 Å². The molecule has 0 heterocycles. The van der Waals surface area contributed by atoms with Crippen LogP contribution in [0.15, 0.2) is 18.2 Å². The van der Waals surface area contributed by atoms with Gasteiger partial charge in [-0.3, -0.25) is 4.79 Å². The number of hydrogen-bond acceptors (Lipinski definition) is 1. The third-order valence-electron chi connectivity index (χ3n) is 1.83. The molecule has 4 heteroatoms. The molecule has 0 N–H and O–H groups in total. The summed E-state index contributed by atoms with van der Waals surface area (Å²) in [6.07, 6.45) is 0. The highest BCUT2D eigenvalue weighted by atomic mass is 35.5. The fraction of sp³-hybridized carbons (Fsp3) is 0.222. The number of amides is 1. The number of aryl methyl sites for hydroxylation is 1. The van der Waals surface area contributed by atoms with Gasteiger partial charge in [0.05, 0.1) is 0 Å². The molecule has 13 heavy (non-hydrogen) atoms. The molecule has 2 nitrogen and oxygen atoms in total. The second kappa shape index (κ2) is 4.03. The highest BCUT2D eigenvalue weighted by Gasteiger charge is 2.06. The third kappa shape index (κ3) is 2.39. The number of carbonyl (C=O) groups is 1. The zero-order chi connectivity index (χ0) is 10.0. The van der Waals surface area contributed by atoms with Crippen LogP contribution in [-0.4, -0.2) is 12.3 Å². The van der Waals surface area contributed by atoms with Gasteiger partial charge in [-0.1, -0.05) is 30.3 Å². The highest BCUT2D eigenvalue weighted by Crippen LogP contribution is 2.22. The van der Waals surface area contributed by atoms with Gasteiger partial charge in [0.2, 0.25) is 0 Å². The van der Waals surface area contributed by atoms with E-state index in [9.17, 15) is 4.79 Å². The Labute approximate surface area is 87.9 Å². The van der Waals surface area contributed by atoms with Crippen molar-refractivity contribution in [2.45, 2.75) is 6.92 Å². The first kappa shape index (κ1) is 10.4. The van der Waals surface area contributed by atoms with Crippen molar-refractivity contribution in [3.05, 3.63) is 28.8 Å². The molecule has 0 aliphatic heterocycles. The van der Waals surface area contributed by atoms with Crippen molar-refractivity contribution in [1.82, 2.24) is 0 Å². The fourth-order valence-electron chi connectivity index (χ4n) is 0.901. The van der Waals surface area contributed by atoms with Gasteiger partial charge in [0.15, 0.2) is 0 Å². The van der Waals surface area contributed by atoms with Crippen LogP contribution in [0.5, 0.6) is 0 Å². The zero-order valence-electron chi connectivity index (χ0n) is 7.41. The highest BCUT2D eigenvalue weighted by molar-refractivity contribution is 7.96. The molecule has 0 radical (unpaired) electrons. The molecular formula is C9H10ClNOS. The third-order valence-corrected chi connectivity index (χ3v) is 2.54. The average Bonchev–Trinajstić information content (AvgIpc) is 2.08. The SMILES string of the molecule is Cc1ccc(N(C)C(=O)S)cc1Cl. The summed E-state index contributed by atoms with van der Waals surface area (Å²) >= 11 is 9.61. The molecular weight excluding hydrogens is 206 g/mol. The Morgan fingerprint density at radius 3 is 2.62 bits per heavy atom. The molecule has 0 atom stereocenters. The topological polar surface area (TPSA) is 20.3 Å². The van der Waals surface area contributed by atoms with Gasteiger partial charge in [0.1, 0.15) is 0 Å². The second-order valence-corrected chi connectivity index (χ2v) is 3.56. The van der Waals surface area contributed by atoms with Crippen LogP contribution in [0.25, 0.3) is 0 Å². The number of benzene rings is 1. The molecule has 1 rings (SSSR count). The van der Waals surface area contributed by atoms with Crippen molar-refractivity contribution in [2.75, 3.05) is 11.9 Å². The first-order valence-electron chi connectivity index (χ1n) is 3.75. The molecule has 0 fully saturated rings. The van der Waals surface area contributed by atoms with Gasteiger partial charge in [-0.05, 0) is 24.6 Å². The number of halogens is 1. The molecule has 70 valence electrons. The van der Waals surface area contributed by atoms with E-state index in [2.05, 4.69) is 12.6 Å². The van der Waals surface area contributed by atoms with Crippen LogP contribution in [-0.2, 0) is 0 Å². The molecule has 0 aromatic heterocycles. The van der Waals surface area contributed by atoms with Crippen LogP contribution in [0, 0.1) is 6.92 Å². The van der Waals surface area contributed by atoms with Crippen LogP contribution < -0.4 is 4.90 Å². The largest absolute Gasteiger partial charge is 0.307 e. The predicted molar refractivity (Wildman–Crippen MR) is 59.0 cm³/mol. The molecule has 1 aromatic rings. The van der Waals surface area contributed by atoms with Gasteiger partial charge in [-0.15, -0.1) is 0 Å². The Hall–Kier alpha value is -0.670. The molecule has 0 bridgehead atoms. The Balaban J connectivity index is 3.03. The average molecular weight is 216 g/mol. The lowest BCUT2D eigenvalue weighted by atomic mass is 10.2. The minimum Gasteiger partial charge on any atom is -0.307 e. The maximum absolute atomic E-state index is 10.9. The van der Waals surface area contributed by atoms with Crippen molar-refractivity contribution in [3.8, 4) is 0 Å². The lowest BCUT2D eigenvalue weighted by Gasteiger charge is -2.14. The van der Waals surface area contributed by atoms with Crippen LogP contribution in [0.1, 0.15) is 5.56 Å². The minimum absolute atomic E-state index is 0.306. The van der Waals surface area contributed by atoms with E-state index in [1.807, 2.05) is 19.1 Å². The standard InChI is InChI=1S/C9H10ClNOS/c1-6-3-4-7(5-8(6)10)11(2)9(12)13/h3-5H,1-2H3,(H,12,13). The van der Waals surface area contributed by atoms with E-state index in [1.54, 1.807) is 13.1 Å². The van der Waals surface area contributed by atoms with Crippen LogP contribution in [0.3, 0.4) is 0 Å². The molecule has 0 spiro atoms. The maximum Gasteiger partial charge on any atom is 0.282 e. The van der Waals surface area contributed by atoms with Crippen molar-refractivity contribution < 1.29 is 4.79 Å². The smallest absolute Gasteiger partial charge is 0.282 e. The fourth-order valence-corrected chi connectivity index (χ4v) is 1.19. The molecule has 0 saturated carbocycles. The van der Waals surface area contributed by atoms with E-state index in [4.69, 9.17) is 11.6 Å². The maximum atomic E-state index is 10.9. The monoisotopic (exact) mass is 215 g/mol. The number of carbonyl (C=O) groups excluding carboxylic acids is 1. The summed E-state index contributed by atoms with van der Waals surface area (Å²) in [5, 5.41) is 0.346. The Morgan fingerprint density at radius 1 is 1.54 bits per heavy atom. The summed E-state index contributed by atoms with van der Waals surface area (Å²) in [5.41, 5.74) is 1.74. The lowest BCUT2D eigenvalue weighted by molar-refractivity contribution is 0.266. The Morgan fingerprint density at radius 2 is 2.15 bits per heavy atom. The van der Waals surface area contributed by atoms with Gasteiger partial charge in [-0.2, -0.15) is 0 Å². The summed E-state index contributed by atoms with van der Waals surface area (Å²) < 4.78 is 0. The van der Waals surface area contributed by atoms with E-state index < -0.39 is 0 Å². The molecule has 0 unspecified atom stereocenters. The predicted octanol–water partition coefficient (Wildman–Crippen LogP) is 3.13. The summed E-state index contributed by atoms with van der Waals surface area (Å²) in [6, 6.07) is 5.44. The van der Waals surface area contributed by atoms with Gasteiger partial charge in [0.25, 0.3) is 5.24 Å². The molecule has 0 saturated heterocycles. The number of anilines is 1. The number of hydrogen-bond donors (Lipinski definition) is 1. The van der Waals surface area contributed by atoms with Gasteiger partial charge in [-0.25, -0.2) is 0 Å². The molecule has 0 aliphatic carbocycles. The summed E-state index contributed by atoms with van der Waals surface area (Å²) in [6.45, 7) is 1.91. The first-order valence-corrected chi connectivity index (χ1v) is 4.57. The number of thiol groups is 1. The lowest BCUT2D eigenvalue weighted by Crippen LogP contribution is -2.19. The van der Waals surface area contributed by atoms with Crippen molar-refractivity contribution >= 4 is 35.2 Å². The summed E-state index contributed by atoms with van der Waals surface area (Å²) in [5.74, 6) is 0. The Bertz CT molecular complexity index is 340. The molecule has 0 aliphatic rings. The first-order chi connectivity index (χ1) is 6.02. The molecule has 1 aromatic carbocycles. The Kier molecular flexibility index (Phi) is 3.22. The van der Waals surface area contributed by atoms with Crippen LogP contribution in [0.4, 0.5) is 10.5 Å². The van der Waals surface area contributed by atoms with Gasteiger partial charge in [0, 0.05) is 17.8 Å². The minimum atomic E-state index is -0.306. The summed E-state index contributed by atoms with van der Waals surface area (Å²) in [4.78, 5) is 12.3. The van der Waals surface area contributed by atoms with E-state index in [1.165, 1.54) is 4.90 Å². The van der Waals surface area contributed by atoms with Crippen LogP contribution in [0.2, 0.25) is 5.02 Å². The van der Waals surface area contributed by atoms with E-state index >= 15 is 0 Å². The van der Waals surface area contributed by atoms with Gasteiger partial charge < -0.3 is 4.90 Å². The van der Waals surface area contributed by atoms with E-state index in [-0.39, 0.29) is 5.24 Å². The second-order valence-electron chi connectivity index (χ2n) is 2.78. The number of nitrogens with zero attached hydrogens (tertiary/aromatic N) is 1. The summed E-state index contributed by atoms with van der Waals surface area (Å²) in [7, 11) is 1.65. The van der Waals surface area contributed by atoms with Crippen LogP contribution >= 0.6 is 24.2 Å².